The number of hydrogen-bond acceptors (Lipinski definition) is 7. The molecule has 1 aromatic carbocycles. The maximum Gasteiger partial charge on any atom is 0.416 e. The van der Waals surface area contributed by atoms with Crippen molar-refractivity contribution in [3.8, 4) is 0 Å². The third kappa shape index (κ3) is 10.3. The van der Waals surface area contributed by atoms with Gasteiger partial charge in [0.2, 0.25) is 5.96 Å². The fourth-order valence-electron chi connectivity index (χ4n) is 5.34. The van der Waals surface area contributed by atoms with Gasteiger partial charge < -0.3 is 20.7 Å². The van der Waals surface area contributed by atoms with Crippen LogP contribution in [-0.4, -0.2) is 70.8 Å². The molecule has 3 rings (SSSR count). The summed E-state index contributed by atoms with van der Waals surface area (Å²) in [6.07, 6.45) is 6.72. The number of aliphatic hydroxyl groups excluding tert-OH is 1. The lowest BCUT2D eigenvalue weighted by molar-refractivity contribution is -0.137. The summed E-state index contributed by atoms with van der Waals surface area (Å²) in [6.45, 7) is 8.97. The predicted octanol–water partition coefficient (Wildman–Crippen LogP) is 6.51. The largest absolute Gasteiger partial charge is 0.416 e. The molecule has 0 saturated carbocycles. The van der Waals surface area contributed by atoms with Crippen LogP contribution in [-0.2, 0) is 6.18 Å². The Balaban J connectivity index is 1.89. The highest BCUT2D eigenvalue weighted by Gasteiger charge is 2.30. The molecule has 0 aromatic heterocycles. The number of nitrogens with one attached hydrogen (secondary N) is 2. The second-order valence-electron chi connectivity index (χ2n) is 10.9. The molecule has 2 aliphatic heterocycles. The van der Waals surface area contributed by atoms with E-state index in [2.05, 4.69) is 17.1 Å². The van der Waals surface area contributed by atoms with Gasteiger partial charge in [0.1, 0.15) is 0 Å². The Morgan fingerprint density at radius 2 is 1.95 bits per heavy atom. The van der Waals surface area contributed by atoms with Crippen molar-refractivity contribution >= 4 is 35.7 Å². The smallest absolute Gasteiger partial charge is 0.395 e. The van der Waals surface area contributed by atoms with E-state index in [9.17, 15) is 18.3 Å². The number of aliphatic imine (C=N–C) groups is 2. The lowest BCUT2D eigenvalue weighted by atomic mass is 9.84. The number of thioether (sulfide) groups is 1. The Kier molecular flexibility index (Phi) is 12.7. The molecule has 0 amide bonds. The second-order valence-corrected chi connectivity index (χ2v) is 12.6. The Hall–Kier alpha value is -2.17. The van der Waals surface area contributed by atoms with Gasteiger partial charge in [-0.1, -0.05) is 31.6 Å². The zero-order chi connectivity index (χ0) is 29.1. The normalized spacial score (nSPS) is 25.1. The van der Waals surface area contributed by atoms with Crippen molar-refractivity contribution < 1.29 is 18.3 Å². The van der Waals surface area contributed by atoms with Crippen LogP contribution in [0.2, 0.25) is 0 Å². The molecular weight excluding hydrogens is 535 g/mol. The van der Waals surface area contributed by atoms with Crippen molar-refractivity contribution in [2.24, 2.45) is 21.8 Å². The van der Waals surface area contributed by atoms with E-state index in [1.807, 2.05) is 19.9 Å². The molecule has 40 heavy (non-hydrogen) atoms. The lowest BCUT2D eigenvalue weighted by Crippen LogP contribution is -2.37. The molecular formula is C30H44F3N5OS. The van der Waals surface area contributed by atoms with Crippen molar-refractivity contribution in [3.63, 3.8) is 0 Å². The van der Waals surface area contributed by atoms with Crippen LogP contribution in [0, 0.1) is 17.2 Å². The number of hydrogen-bond donors (Lipinski definition) is 3. The summed E-state index contributed by atoms with van der Waals surface area (Å²) in [4.78, 5) is 12.4. The molecule has 2 heterocycles. The van der Waals surface area contributed by atoms with E-state index in [1.54, 1.807) is 23.9 Å². The van der Waals surface area contributed by atoms with Gasteiger partial charge in [-0.05, 0) is 94.6 Å². The van der Waals surface area contributed by atoms with E-state index in [0.29, 0.717) is 24.0 Å². The van der Waals surface area contributed by atoms with Gasteiger partial charge in [-0.25, -0.2) is 9.98 Å². The summed E-state index contributed by atoms with van der Waals surface area (Å²) in [5, 5.41) is 20.4. The standard InChI is InChI=1S/C30H44F3N5OS/c1-21-10-12-28(25-8-4-5-15-38(16-14-25)17-18-39)37-29(35-23(3)40-22(2)20-34)36-27(21)13-11-24-7-6-9-26(19-24)30(31,32)33/h6-7,9,11,13,19-23,25,28,34,39H,4-5,8,10,12,14-18H2,1-3H3,(H,35,37). The molecule has 2 aliphatic rings. The molecule has 3 N–H and O–H groups in total. The van der Waals surface area contributed by atoms with Crippen LogP contribution in [0.5, 0.6) is 0 Å². The first-order valence-corrected chi connectivity index (χ1v) is 15.3. The van der Waals surface area contributed by atoms with Gasteiger partial charge in [0.15, 0.2) is 0 Å². The number of allylic oxidation sites excluding steroid dienone is 1. The minimum absolute atomic E-state index is 0.0273. The number of benzene rings is 1. The van der Waals surface area contributed by atoms with E-state index in [1.165, 1.54) is 12.3 Å². The summed E-state index contributed by atoms with van der Waals surface area (Å²) in [7, 11) is 0. The van der Waals surface area contributed by atoms with Crippen LogP contribution >= 0.6 is 11.8 Å². The first kappa shape index (κ1) is 32.3. The highest BCUT2D eigenvalue weighted by atomic mass is 32.2. The number of β-amino-alcohol motifs (C(OH)–C–C–N with tert-alkyl or cyclic N) is 1. The average molecular weight is 580 g/mol. The Morgan fingerprint density at radius 1 is 1.15 bits per heavy atom. The molecule has 222 valence electrons. The molecule has 5 atom stereocenters. The third-order valence-electron chi connectivity index (χ3n) is 7.65. The van der Waals surface area contributed by atoms with Gasteiger partial charge in [0.05, 0.1) is 23.6 Å². The number of alkyl halides is 3. The lowest BCUT2D eigenvalue weighted by Gasteiger charge is -2.32. The number of nitrogens with zero attached hydrogens (tertiary/aromatic N) is 3. The van der Waals surface area contributed by atoms with Gasteiger partial charge >= 0.3 is 6.18 Å². The highest BCUT2D eigenvalue weighted by Crippen LogP contribution is 2.31. The van der Waals surface area contributed by atoms with Gasteiger partial charge in [-0.15, -0.1) is 11.8 Å². The van der Waals surface area contributed by atoms with Gasteiger partial charge in [0.25, 0.3) is 0 Å². The fourth-order valence-corrected chi connectivity index (χ4v) is 6.23. The first-order valence-electron chi connectivity index (χ1n) is 14.4. The average Bonchev–Trinajstić information content (AvgIpc) is 2.89. The Bertz CT molecular complexity index is 1040. The molecule has 6 nitrogen and oxygen atoms in total. The summed E-state index contributed by atoms with van der Waals surface area (Å²) < 4.78 is 39.6. The van der Waals surface area contributed by atoms with Crippen LogP contribution in [0.15, 0.2) is 40.3 Å². The second kappa shape index (κ2) is 15.7. The Labute approximate surface area is 241 Å². The molecule has 0 spiro atoms. The zero-order valence-electron chi connectivity index (χ0n) is 23.8. The van der Waals surface area contributed by atoms with Crippen LogP contribution in [0.4, 0.5) is 13.2 Å². The van der Waals surface area contributed by atoms with Crippen molar-refractivity contribution in [2.45, 2.75) is 82.1 Å². The summed E-state index contributed by atoms with van der Waals surface area (Å²) in [5.74, 6) is 1.08. The molecule has 5 unspecified atom stereocenters. The zero-order valence-corrected chi connectivity index (χ0v) is 24.6. The molecule has 1 fully saturated rings. The predicted molar refractivity (Wildman–Crippen MR) is 161 cm³/mol. The van der Waals surface area contributed by atoms with Gasteiger partial charge in [-0.3, -0.25) is 0 Å². The number of guanidine groups is 1. The van der Waals surface area contributed by atoms with Crippen molar-refractivity contribution in [1.82, 2.24) is 10.2 Å². The molecule has 10 heteroatoms. The quantitative estimate of drug-likeness (QED) is 0.230. The van der Waals surface area contributed by atoms with E-state index >= 15 is 0 Å². The third-order valence-corrected chi connectivity index (χ3v) is 8.74. The molecule has 0 bridgehead atoms. The topological polar surface area (TPSA) is 84.1 Å². The minimum atomic E-state index is -4.39. The number of halogens is 3. The van der Waals surface area contributed by atoms with Crippen LogP contribution in [0.1, 0.15) is 70.4 Å². The van der Waals surface area contributed by atoms with Gasteiger partial charge in [-0.2, -0.15) is 13.2 Å². The van der Waals surface area contributed by atoms with Crippen LogP contribution in [0.3, 0.4) is 0 Å². The van der Waals surface area contributed by atoms with Gasteiger partial charge in [0, 0.05) is 23.7 Å². The maximum atomic E-state index is 13.2. The first-order chi connectivity index (χ1) is 19.1. The number of aliphatic hydroxyl groups is 1. The highest BCUT2D eigenvalue weighted by molar-refractivity contribution is 8.01. The number of rotatable bonds is 9. The van der Waals surface area contributed by atoms with E-state index < -0.39 is 11.7 Å². The molecule has 1 saturated heterocycles. The molecule has 0 radical (unpaired) electrons. The van der Waals surface area contributed by atoms with E-state index in [4.69, 9.17) is 15.4 Å². The van der Waals surface area contributed by atoms with Crippen molar-refractivity contribution in [2.75, 3.05) is 26.2 Å². The maximum absolute atomic E-state index is 13.2. The SMILES string of the molecule is CC(C=N)SC(C)NC1=NC(C2CCCCN(CCO)CC2)CCC(C)C(C=Cc2cccc(C(F)(F)F)c2)=N1. The van der Waals surface area contributed by atoms with Crippen LogP contribution < -0.4 is 5.32 Å². The summed E-state index contributed by atoms with van der Waals surface area (Å²) in [6, 6.07) is 5.43. The van der Waals surface area contributed by atoms with Crippen LogP contribution in [0.25, 0.3) is 6.08 Å². The molecule has 1 aromatic rings. The number of likely N-dealkylation sites (tertiary alicyclic amines) is 1. The van der Waals surface area contributed by atoms with E-state index in [0.717, 1.165) is 69.5 Å². The summed E-state index contributed by atoms with van der Waals surface area (Å²) >= 11 is 1.61. The summed E-state index contributed by atoms with van der Waals surface area (Å²) in [5.41, 5.74) is 0.588. The van der Waals surface area contributed by atoms with Crippen molar-refractivity contribution in [3.05, 3.63) is 41.5 Å². The minimum Gasteiger partial charge on any atom is -0.395 e. The fraction of sp³-hybridized carbons (Fsp3) is 0.633. The van der Waals surface area contributed by atoms with Crippen molar-refractivity contribution in [1.29, 1.82) is 5.41 Å². The molecule has 0 aliphatic carbocycles. The Morgan fingerprint density at radius 3 is 2.67 bits per heavy atom. The monoisotopic (exact) mass is 579 g/mol. The van der Waals surface area contributed by atoms with E-state index in [-0.39, 0.29) is 29.2 Å².